The van der Waals surface area contributed by atoms with E-state index in [9.17, 15) is 9.90 Å². The lowest BCUT2D eigenvalue weighted by Gasteiger charge is -2.05. The molecule has 0 aliphatic carbocycles. The van der Waals surface area contributed by atoms with Gasteiger partial charge in [-0.25, -0.2) is 5.10 Å². The number of hydrogen-bond acceptors (Lipinski definition) is 3. The van der Waals surface area contributed by atoms with E-state index in [1.807, 2.05) is 0 Å². The van der Waals surface area contributed by atoms with Crippen LogP contribution in [0.2, 0.25) is 0 Å². The molecule has 0 unspecified atom stereocenters. The predicted molar refractivity (Wildman–Crippen MR) is 41.8 cm³/mol. The van der Waals surface area contributed by atoms with Crippen molar-refractivity contribution in [2.45, 2.75) is 0 Å². The second kappa shape index (κ2) is 2.34. The van der Waals surface area contributed by atoms with Crippen molar-refractivity contribution in [1.29, 1.82) is 0 Å². The quantitative estimate of drug-likeness (QED) is 0.591. The van der Waals surface area contributed by atoms with Crippen molar-refractivity contribution in [3.05, 3.63) is 34.6 Å². The molecule has 0 saturated heterocycles. The Morgan fingerprint density at radius 2 is 1.92 bits per heavy atom. The van der Waals surface area contributed by atoms with Crippen LogP contribution in [0.4, 0.5) is 0 Å². The van der Waals surface area contributed by atoms with Crippen LogP contribution in [0.1, 0.15) is 0 Å². The first-order chi connectivity index (χ1) is 5.79. The van der Waals surface area contributed by atoms with Crippen molar-refractivity contribution in [3.63, 3.8) is 0 Å². The first-order valence-electron chi connectivity index (χ1n) is 3.43. The summed E-state index contributed by atoms with van der Waals surface area (Å²) in [4.78, 5) is 11.1. The van der Waals surface area contributed by atoms with Crippen LogP contribution in [0.3, 0.4) is 0 Å². The molecule has 1 N–H and O–H groups in total. The number of H-pyrrole nitrogens is 1. The van der Waals surface area contributed by atoms with E-state index in [0.717, 1.165) is 0 Å². The van der Waals surface area contributed by atoms with Crippen LogP contribution in [0.15, 0.2) is 29.1 Å². The average Bonchev–Trinajstić information content (AvgIpc) is 2.12. The van der Waals surface area contributed by atoms with Gasteiger partial charge in [-0.1, -0.05) is 18.2 Å². The van der Waals surface area contributed by atoms with Crippen LogP contribution in [-0.2, 0) is 0 Å². The molecule has 12 heavy (non-hydrogen) atoms. The third-order valence-corrected chi connectivity index (χ3v) is 1.66. The molecule has 0 spiro atoms. The van der Waals surface area contributed by atoms with Gasteiger partial charge in [0, 0.05) is 11.3 Å². The van der Waals surface area contributed by atoms with Crippen LogP contribution < -0.4 is 10.7 Å². The summed E-state index contributed by atoms with van der Waals surface area (Å²) < 4.78 is 0. The van der Waals surface area contributed by atoms with Crippen LogP contribution in [0, 0.1) is 0 Å². The van der Waals surface area contributed by atoms with Gasteiger partial charge < -0.3 is 5.11 Å². The maximum Gasteiger partial charge on any atom is 0.271 e. The number of aromatic amines is 1. The fourth-order valence-electron chi connectivity index (χ4n) is 1.09. The molecule has 1 aromatic heterocycles. The summed E-state index contributed by atoms with van der Waals surface area (Å²) in [6.07, 6.45) is 0. The molecule has 1 heterocycles. The standard InChI is InChI=1S/C8H6N2O2/c11-7-5-3-1-2-4-6(5)8(12)10-9-7/h1-4H,(H,9,11)(H,10,12)/p-1. The number of hydrogen-bond donors (Lipinski definition) is 1. The zero-order valence-corrected chi connectivity index (χ0v) is 6.07. The van der Waals surface area contributed by atoms with Gasteiger partial charge in [0.1, 0.15) is 0 Å². The summed E-state index contributed by atoms with van der Waals surface area (Å²) in [7, 11) is 0. The number of rotatable bonds is 0. The van der Waals surface area contributed by atoms with E-state index in [1.54, 1.807) is 24.3 Å². The van der Waals surface area contributed by atoms with Crippen molar-refractivity contribution >= 4 is 10.8 Å². The summed E-state index contributed by atoms with van der Waals surface area (Å²) in [6, 6.07) is 6.58. The lowest BCUT2D eigenvalue weighted by Crippen LogP contribution is -2.10. The van der Waals surface area contributed by atoms with Gasteiger partial charge in [0.15, 0.2) is 0 Å². The van der Waals surface area contributed by atoms with Crippen molar-refractivity contribution in [2.24, 2.45) is 0 Å². The van der Waals surface area contributed by atoms with Crippen molar-refractivity contribution < 1.29 is 5.11 Å². The van der Waals surface area contributed by atoms with Gasteiger partial charge in [-0.05, 0) is 11.5 Å². The fourth-order valence-corrected chi connectivity index (χ4v) is 1.09. The highest BCUT2D eigenvalue weighted by Crippen LogP contribution is 2.13. The Morgan fingerprint density at radius 1 is 1.25 bits per heavy atom. The molecule has 0 bridgehead atoms. The number of aromatic nitrogens is 2. The first-order valence-corrected chi connectivity index (χ1v) is 3.43. The lowest BCUT2D eigenvalue weighted by atomic mass is 10.2. The van der Waals surface area contributed by atoms with E-state index >= 15 is 0 Å². The predicted octanol–water partition coefficient (Wildman–Crippen LogP) is -0.00330. The van der Waals surface area contributed by atoms with E-state index in [-0.39, 0.29) is 5.56 Å². The van der Waals surface area contributed by atoms with Crippen LogP contribution >= 0.6 is 0 Å². The number of benzene rings is 1. The molecule has 0 aliphatic rings. The Balaban J connectivity index is 3.05. The number of fused-ring (bicyclic) bond motifs is 1. The molecule has 0 radical (unpaired) electrons. The van der Waals surface area contributed by atoms with Crippen molar-refractivity contribution in [2.75, 3.05) is 0 Å². The van der Waals surface area contributed by atoms with Gasteiger partial charge in [-0.3, -0.25) is 4.79 Å². The maximum absolute atomic E-state index is 11.1. The van der Waals surface area contributed by atoms with E-state index in [1.165, 1.54) is 0 Å². The maximum atomic E-state index is 11.1. The summed E-state index contributed by atoms with van der Waals surface area (Å²) in [5, 5.41) is 17.2. The molecule has 0 fully saturated rings. The molecule has 2 aromatic rings. The zero-order valence-electron chi connectivity index (χ0n) is 6.07. The molecule has 0 saturated carbocycles. The van der Waals surface area contributed by atoms with E-state index in [2.05, 4.69) is 10.2 Å². The summed E-state index contributed by atoms with van der Waals surface area (Å²) in [6.45, 7) is 0. The molecular formula is C8H5N2O2-. The van der Waals surface area contributed by atoms with Crippen LogP contribution in [0.5, 0.6) is 5.88 Å². The fraction of sp³-hybridized carbons (Fsp3) is 0. The molecule has 0 amide bonds. The molecule has 0 aliphatic heterocycles. The minimum absolute atomic E-state index is 0.329. The number of nitrogens with zero attached hydrogens (tertiary/aromatic N) is 1. The summed E-state index contributed by atoms with van der Waals surface area (Å²) >= 11 is 0. The normalized spacial score (nSPS) is 10.3. The summed E-state index contributed by atoms with van der Waals surface area (Å²) in [5.74, 6) is -0.398. The first kappa shape index (κ1) is 6.84. The zero-order chi connectivity index (χ0) is 8.55. The molecule has 2 rings (SSSR count). The topological polar surface area (TPSA) is 68.8 Å². The third-order valence-electron chi connectivity index (χ3n) is 1.66. The van der Waals surface area contributed by atoms with Crippen molar-refractivity contribution in [3.8, 4) is 5.88 Å². The van der Waals surface area contributed by atoms with Gasteiger partial charge in [-0.2, -0.15) is 5.10 Å². The molecule has 0 atom stereocenters. The average molecular weight is 161 g/mol. The van der Waals surface area contributed by atoms with E-state index < -0.39 is 5.88 Å². The van der Waals surface area contributed by atoms with Crippen LogP contribution in [0.25, 0.3) is 10.8 Å². The number of nitrogens with one attached hydrogen (secondary N) is 1. The van der Waals surface area contributed by atoms with Gasteiger partial charge in [0.25, 0.3) is 5.56 Å². The van der Waals surface area contributed by atoms with Gasteiger partial charge in [-0.15, -0.1) is 0 Å². The lowest BCUT2D eigenvalue weighted by molar-refractivity contribution is -0.273. The Kier molecular flexibility index (Phi) is 1.33. The van der Waals surface area contributed by atoms with Crippen molar-refractivity contribution in [1.82, 2.24) is 10.2 Å². The van der Waals surface area contributed by atoms with E-state index in [0.29, 0.717) is 10.8 Å². The Hall–Kier alpha value is -1.84. The molecular weight excluding hydrogens is 156 g/mol. The molecule has 4 heteroatoms. The highest BCUT2D eigenvalue weighted by atomic mass is 16.3. The second-order valence-electron chi connectivity index (χ2n) is 2.40. The highest BCUT2D eigenvalue weighted by Gasteiger charge is 1.96. The minimum atomic E-state index is -0.398. The summed E-state index contributed by atoms with van der Waals surface area (Å²) in [5.41, 5.74) is -0.329. The van der Waals surface area contributed by atoms with Crippen LogP contribution in [-0.4, -0.2) is 10.2 Å². The molecule has 60 valence electrons. The smallest absolute Gasteiger partial charge is 0.271 e. The molecule has 4 nitrogen and oxygen atoms in total. The molecule has 1 aromatic carbocycles. The van der Waals surface area contributed by atoms with Gasteiger partial charge in [0.05, 0.1) is 0 Å². The monoisotopic (exact) mass is 161 g/mol. The SMILES string of the molecule is O=c1[nH]nc([O-])c2ccccc12. The van der Waals surface area contributed by atoms with Gasteiger partial charge in [0.2, 0.25) is 0 Å². The minimum Gasteiger partial charge on any atom is -0.857 e. The Bertz CT molecular complexity index is 476. The second-order valence-corrected chi connectivity index (χ2v) is 2.40. The largest absolute Gasteiger partial charge is 0.857 e. The van der Waals surface area contributed by atoms with Gasteiger partial charge >= 0.3 is 0 Å². The van der Waals surface area contributed by atoms with E-state index in [4.69, 9.17) is 0 Å². The Labute approximate surface area is 67.5 Å². The Morgan fingerprint density at radius 3 is 2.58 bits per heavy atom. The third kappa shape index (κ3) is 0.852. The highest BCUT2D eigenvalue weighted by molar-refractivity contribution is 5.84.